The van der Waals surface area contributed by atoms with Gasteiger partial charge in [-0.25, -0.2) is 0 Å². The number of alkyl halides is 3. The summed E-state index contributed by atoms with van der Waals surface area (Å²) in [5, 5.41) is 0.885. The topological polar surface area (TPSA) is 33.2 Å². The van der Waals surface area contributed by atoms with Crippen molar-refractivity contribution in [3.8, 4) is 0 Å². The Bertz CT molecular complexity index is 1050. The van der Waals surface area contributed by atoms with Gasteiger partial charge in [0.05, 0.1) is 22.3 Å². The van der Waals surface area contributed by atoms with Gasteiger partial charge >= 0.3 is 6.18 Å². The zero-order valence-electron chi connectivity index (χ0n) is 15.0. The number of para-hydroxylation sites is 1. The molecule has 0 N–H and O–H groups in total. The van der Waals surface area contributed by atoms with E-state index in [-0.39, 0.29) is 11.2 Å². The second-order valence-electron chi connectivity index (χ2n) is 6.73. The van der Waals surface area contributed by atoms with Crippen LogP contribution in [0.2, 0.25) is 0 Å². The van der Waals surface area contributed by atoms with Crippen LogP contribution in [-0.2, 0) is 6.18 Å². The van der Waals surface area contributed by atoms with Crippen LogP contribution < -0.4 is 4.90 Å². The summed E-state index contributed by atoms with van der Waals surface area (Å²) in [6.07, 6.45) is -2.22. The number of benzene rings is 2. The lowest BCUT2D eigenvalue weighted by Gasteiger charge is -2.24. The summed E-state index contributed by atoms with van der Waals surface area (Å²) < 4.78 is 39.8. The molecule has 28 heavy (non-hydrogen) atoms. The maximum absolute atomic E-state index is 13.4. The van der Waals surface area contributed by atoms with Crippen LogP contribution in [-0.4, -0.2) is 22.7 Å². The number of nitrogens with zero attached hydrogens (tertiary/aromatic N) is 2. The minimum Gasteiger partial charge on any atom is -0.307 e. The molecular weight excluding hydrogens is 385 g/mol. The maximum Gasteiger partial charge on any atom is 0.416 e. The van der Waals surface area contributed by atoms with Crippen molar-refractivity contribution in [1.82, 2.24) is 4.98 Å². The highest BCUT2D eigenvalue weighted by Gasteiger charge is 2.34. The Hall–Kier alpha value is -2.54. The van der Waals surface area contributed by atoms with E-state index in [2.05, 4.69) is 4.98 Å². The first-order valence-electron chi connectivity index (χ1n) is 8.88. The molecule has 0 radical (unpaired) electrons. The van der Waals surface area contributed by atoms with Gasteiger partial charge in [0.25, 0.3) is 5.91 Å². The van der Waals surface area contributed by atoms with Crippen LogP contribution in [0.5, 0.6) is 0 Å². The number of thioether (sulfide) groups is 1. The zero-order valence-corrected chi connectivity index (χ0v) is 15.8. The summed E-state index contributed by atoms with van der Waals surface area (Å²) in [4.78, 5) is 19.8. The van der Waals surface area contributed by atoms with E-state index in [0.29, 0.717) is 40.0 Å². The van der Waals surface area contributed by atoms with E-state index in [1.165, 1.54) is 22.7 Å². The highest BCUT2D eigenvalue weighted by Crippen LogP contribution is 2.41. The highest BCUT2D eigenvalue weighted by atomic mass is 32.2. The summed E-state index contributed by atoms with van der Waals surface area (Å²) in [7, 11) is 0. The van der Waals surface area contributed by atoms with Gasteiger partial charge in [0.1, 0.15) is 0 Å². The third kappa shape index (κ3) is 3.46. The second kappa shape index (κ2) is 7.13. The Balaban J connectivity index is 1.84. The predicted molar refractivity (Wildman–Crippen MR) is 105 cm³/mol. The molecule has 2 heterocycles. The Morgan fingerprint density at radius 1 is 1.18 bits per heavy atom. The fraction of sp³-hybridized carbons (Fsp3) is 0.238. The molecule has 3 nitrogen and oxygen atoms in total. The Kier molecular flexibility index (Phi) is 4.79. The molecule has 3 aromatic rings. The van der Waals surface area contributed by atoms with Crippen molar-refractivity contribution >= 4 is 34.3 Å². The van der Waals surface area contributed by atoms with Crippen molar-refractivity contribution in [3.05, 3.63) is 65.9 Å². The van der Waals surface area contributed by atoms with Gasteiger partial charge in [0, 0.05) is 28.3 Å². The van der Waals surface area contributed by atoms with Crippen molar-refractivity contribution in [2.75, 3.05) is 11.4 Å². The average molecular weight is 402 g/mol. The molecule has 144 valence electrons. The zero-order chi connectivity index (χ0) is 19.9. The largest absolute Gasteiger partial charge is 0.416 e. The number of rotatable bonds is 1. The first-order valence-corrected chi connectivity index (χ1v) is 9.76. The van der Waals surface area contributed by atoms with Gasteiger partial charge in [-0.2, -0.15) is 13.2 Å². The van der Waals surface area contributed by atoms with E-state index in [1.54, 1.807) is 18.3 Å². The van der Waals surface area contributed by atoms with Crippen molar-refractivity contribution < 1.29 is 18.0 Å². The molecular formula is C21H17F3N2OS. The quantitative estimate of drug-likeness (QED) is 0.517. The molecule has 7 heteroatoms. The summed E-state index contributed by atoms with van der Waals surface area (Å²) in [5.74, 6) is -0.311. The predicted octanol–water partition coefficient (Wildman–Crippen LogP) is 5.78. The van der Waals surface area contributed by atoms with Crippen LogP contribution in [0.15, 0.2) is 59.6 Å². The van der Waals surface area contributed by atoms with Crippen LogP contribution in [0.3, 0.4) is 0 Å². The number of fused-ring (bicyclic) bond motifs is 2. The van der Waals surface area contributed by atoms with E-state index >= 15 is 0 Å². The monoisotopic (exact) mass is 402 g/mol. The standard InChI is InChI=1S/C21H17F3N2OS/c1-13-9-11-26(18-12-14(21(22,23)24)6-7-19(18)28-13)20(27)16-8-10-25-17-5-3-2-4-15(16)17/h2-8,10,12-13H,9,11H2,1H3. The van der Waals surface area contributed by atoms with Gasteiger partial charge in [0.15, 0.2) is 0 Å². The van der Waals surface area contributed by atoms with Gasteiger partial charge < -0.3 is 4.90 Å². The molecule has 1 amide bonds. The van der Waals surface area contributed by atoms with E-state index < -0.39 is 11.7 Å². The van der Waals surface area contributed by atoms with Gasteiger partial charge in [0.2, 0.25) is 0 Å². The summed E-state index contributed by atoms with van der Waals surface area (Å²) in [6, 6.07) is 12.5. The number of amides is 1. The van der Waals surface area contributed by atoms with Gasteiger partial charge in [-0.15, -0.1) is 11.8 Å². The number of halogens is 3. The molecule has 1 unspecified atom stereocenters. The minimum absolute atomic E-state index is 0.197. The number of carbonyl (C=O) groups is 1. The van der Waals surface area contributed by atoms with Crippen LogP contribution in [0.4, 0.5) is 18.9 Å². The molecule has 1 atom stereocenters. The van der Waals surface area contributed by atoms with E-state index in [4.69, 9.17) is 0 Å². The number of carbonyl (C=O) groups excluding carboxylic acids is 1. The highest BCUT2D eigenvalue weighted by molar-refractivity contribution is 8.00. The van der Waals surface area contributed by atoms with E-state index in [0.717, 1.165) is 12.1 Å². The van der Waals surface area contributed by atoms with Gasteiger partial charge in [-0.05, 0) is 36.8 Å². The normalized spacial score (nSPS) is 17.3. The third-order valence-electron chi connectivity index (χ3n) is 4.79. The number of aromatic nitrogens is 1. The van der Waals surface area contributed by atoms with Crippen molar-refractivity contribution in [1.29, 1.82) is 0 Å². The Labute approximate surface area is 164 Å². The molecule has 1 aliphatic rings. The average Bonchev–Trinajstić information content (AvgIpc) is 2.84. The number of pyridine rings is 1. The van der Waals surface area contributed by atoms with Gasteiger partial charge in [-0.3, -0.25) is 9.78 Å². The second-order valence-corrected chi connectivity index (χ2v) is 8.21. The molecule has 0 saturated heterocycles. The lowest BCUT2D eigenvalue weighted by atomic mass is 10.1. The maximum atomic E-state index is 13.4. The van der Waals surface area contributed by atoms with Crippen molar-refractivity contribution in [2.45, 2.75) is 29.7 Å². The Morgan fingerprint density at radius 3 is 2.75 bits per heavy atom. The first kappa shape index (κ1) is 18.8. The Morgan fingerprint density at radius 2 is 1.96 bits per heavy atom. The van der Waals surface area contributed by atoms with E-state index in [9.17, 15) is 18.0 Å². The summed E-state index contributed by atoms with van der Waals surface area (Å²) in [5.41, 5.74) is 0.678. The number of hydrogen-bond donors (Lipinski definition) is 0. The molecule has 0 fully saturated rings. The lowest BCUT2D eigenvalue weighted by Crippen LogP contribution is -2.32. The van der Waals surface area contributed by atoms with Crippen LogP contribution in [0, 0.1) is 0 Å². The summed E-state index contributed by atoms with van der Waals surface area (Å²) >= 11 is 1.50. The minimum atomic E-state index is -4.46. The molecule has 0 aliphatic carbocycles. The molecule has 2 aromatic carbocycles. The summed E-state index contributed by atoms with van der Waals surface area (Å²) in [6.45, 7) is 2.37. The molecule has 1 aliphatic heterocycles. The SMILES string of the molecule is CC1CCN(C(=O)c2ccnc3ccccc23)c2cc(C(F)(F)F)ccc2S1. The molecule has 0 saturated carbocycles. The fourth-order valence-corrected chi connectivity index (χ4v) is 4.44. The van der Waals surface area contributed by atoms with Crippen LogP contribution in [0.1, 0.15) is 29.3 Å². The van der Waals surface area contributed by atoms with Crippen LogP contribution >= 0.6 is 11.8 Å². The fourth-order valence-electron chi connectivity index (χ4n) is 3.35. The van der Waals surface area contributed by atoms with E-state index in [1.807, 2.05) is 25.1 Å². The number of hydrogen-bond acceptors (Lipinski definition) is 3. The van der Waals surface area contributed by atoms with Crippen molar-refractivity contribution in [3.63, 3.8) is 0 Å². The third-order valence-corrected chi connectivity index (χ3v) is 6.03. The van der Waals surface area contributed by atoms with Gasteiger partial charge in [-0.1, -0.05) is 25.1 Å². The molecule has 0 spiro atoms. The lowest BCUT2D eigenvalue weighted by molar-refractivity contribution is -0.137. The molecule has 4 rings (SSSR count). The molecule has 1 aromatic heterocycles. The number of anilines is 1. The molecule has 0 bridgehead atoms. The smallest absolute Gasteiger partial charge is 0.307 e. The van der Waals surface area contributed by atoms with Crippen LogP contribution in [0.25, 0.3) is 10.9 Å². The van der Waals surface area contributed by atoms with Crippen molar-refractivity contribution in [2.24, 2.45) is 0 Å². The first-order chi connectivity index (χ1) is 13.3.